The van der Waals surface area contributed by atoms with Gasteiger partial charge in [-0.3, -0.25) is 4.68 Å². The Morgan fingerprint density at radius 3 is 2.89 bits per heavy atom. The molecule has 0 radical (unpaired) electrons. The van der Waals surface area contributed by atoms with Crippen molar-refractivity contribution in [3.05, 3.63) is 29.6 Å². The van der Waals surface area contributed by atoms with Crippen LogP contribution < -0.4 is 0 Å². The molecule has 0 fully saturated rings. The van der Waals surface area contributed by atoms with E-state index >= 15 is 0 Å². The van der Waals surface area contributed by atoms with Crippen molar-refractivity contribution in [3.63, 3.8) is 0 Å². The van der Waals surface area contributed by atoms with Gasteiger partial charge in [0.1, 0.15) is 5.69 Å². The van der Waals surface area contributed by atoms with Crippen molar-refractivity contribution < 1.29 is 0 Å². The summed E-state index contributed by atoms with van der Waals surface area (Å²) in [6, 6.07) is 4.02. The van der Waals surface area contributed by atoms with Gasteiger partial charge in [0.25, 0.3) is 0 Å². The van der Waals surface area contributed by atoms with E-state index in [0.29, 0.717) is 0 Å². The maximum Gasteiger partial charge on any atom is 0.178 e. The summed E-state index contributed by atoms with van der Waals surface area (Å²) in [4.78, 5) is 12.2. The van der Waals surface area contributed by atoms with Gasteiger partial charge in [0.05, 0.1) is 11.2 Å². The molecule has 5 nitrogen and oxygen atoms in total. The number of pyridine rings is 1. The van der Waals surface area contributed by atoms with Crippen molar-refractivity contribution in [1.29, 1.82) is 0 Å². The van der Waals surface area contributed by atoms with Gasteiger partial charge in [0.2, 0.25) is 0 Å². The zero-order valence-corrected chi connectivity index (χ0v) is 10.7. The predicted molar refractivity (Wildman–Crippen MR) is 70.3 cm³/mol. The van der Waals surface area contributed by atoms with Gasteiger partial charge in [-0.15, -0.1) is 0 Å². The van der Waals surface area contributed by atoms with Crippen LogP contribution in [0.2, 0.25) is 0 Å². The van der Waals surface area contributed by atoms with Crippen LogP contribution in [0.15, 0.2) is 18.3 Å². The molecule has 1 N–H and O–H groups in total. The van der Waals surface area contributed by atoms with Gasteiger partial charge in [-0.2, -0.15) is 5.10 Å². The van der Waals surface area contributed by atoms with Crippen LogP contribution in [0, 0.1) is 13.8 Å². The number of nitrogens with zero attached hydrogens (tertiary/aromatic N) is 4. The van der Waals surface area contributed by atoms with Crippen molar-refractivity contribution >= 4 is 11.2 Å². The lowest BCUT2D eigenvalue weighted by molar-refractivity contribution is 0.658. The molecule has 0 saturated carbocycles. The van der Waals surface area contributed by atoms with Crippen LogP contribution in [0.25, 0.3) is 22.7 Å². The summed E-state index contributed by atoms with van der Waals surface area (Å²) < 4.78 is 1.95. The first kappa shape index (κ1) is 11.0. The quantitative estimate of drug-likeness (QED) is 0.749. The number of aryl methyl sites for hydroxylation is 3. The van der Waals surface area contributed by atoms with E-state index in [2.05, 4.69) is 27.0 Å². The monoisotopic (exact) mass is 241 g/mol. The molecule has 3 aromatic rings. The summed E-state index contributed by atoms with van der Waals surface area (Å²) in [5, 5.41) is 4.43. The molecule has 0 aliphatic rings. The smallest absolute Gasteiger partial charge is 0.178 e. The maximum atomic E-state index is 4.54. The van der Waals surface area contributed by atoms with E-state index in [1.165, 1.54) is 0 Å². The third-order valence-corrected chi connectivity index (χ3v) is 3.04. The molecular weight excluding hydrogens is 226 g/mol. The van der Waals surface area contributed by atoms with Crippen molar-refractivity contribution in [2.24, 2.45) is 0 Å². The fraction of sp³-hybridized carbons (Fsp3) is 0.308. The highest BCUT2D eigenvalue weighted by Crippen LogP contribution is 2.21. The molecule has 0 unspecified atom stereocenters. The minimum absolute atomic E-state index is 0.756. The van der Waals surface area contributed by atoms with Gasteiger partial charge in [-0.1, -0.05) is 0 Å². The van der Waals surface area contributed by atoms with Crippen molar-refractivity contribution in [2.45, 2.75) is 27.3 Å². The zero-order valence-electron chi connectivity index (χ0n) is 10.7. The molecule has 0 atom stereocenters. The minimum Gasteiger partial charge on any atom is -0.335 e. The maximum absolute atomic E-state index is 4.54. The molecule has 0 amide bonds. The summed E-state index contributed by atoms with van der Waals surface area (Å²) in [5.74, 6) is 0.828. The van der Waals surface area contributed by atoms with Crippen LogP contribution in [-0.2, 0) is 6.54 Å². The standard InChI is InChI=1S/C13H15N5/c1-4-18-10(7-9(3)17-18)12-15-11-8(2)5-6-14-13(11)16-12/h5-7H,4H2,1-3H3,(H,14,15,16). The van der Waals surface area contributed by atoms with Crippen LogP contribution in [0.5, 0.6) is 0 Å². The number of aromatic amines is 1. The summed E-state index contributed by atoms with van der Waals surface area (Å²) in [5.41, 5.74) is 4.91. The normalized spacial score (nSPS) is 11.3. The molecule has 18 heavy (non-hydrogen) atoms. The number of nitrogens with one attached hydrogen (secondary N) is 1. The Morgan fingerprint density at radius 1 is 1.33 bits per heavy atom. The van der Waals surface area contributed by atoms with Crippen LogP contribution in [0.3, 0.4) is 0 Å². The molecule has 0 spiro atoms. The molecule has 3 aromatic heterocycles. The lowest BCUT2D eigenvalue weighted by atomic mass is 10.3. The van der Waals surface area contributed by atoms with E-state index in [1.807, 2.05) is 30.7 Å². The van der Waals surface area contributed by atoms with E-state index in [9.17, 15) is 0 Å². The van der Waals surface area contributed by atoms with Crippen molar-refractivity contribution in [1.82, 2.24) is 24.7 Å². The summed E-state index contributed by atoms with van der Waals surface area (Å²) in [6.07, 6.45) is 1.78. The molecule has 0 aliphatic carbocycles. The van der Waals surface area contributed by atoms with Gasteiger partial charge in [0.15, 0.2) is 11.5 Å². The summed E-state index contributed by atoms with van der Waals surface area (Å²) >= 11 is 0. The van der Waals surface area contributed by atoms with Crippen LogP contribution in [0.4, 0.5) is 0 Å². The van der Waals surface area contributed by atoms with Crippen LogP contribution in [0.1, 0.15) is 18.2 Å². The Morgan fingerprint density at radius 2 is 2.17 bits per heavy atom. The van der Waals surface area contributed by atoms with Gasteiger partial charge >= 0.3 is 0 Å². The Kier molecular flexibility index (Phi) is 2.40. The average Bonchev–Trinajstić information content (AvgIpc) is 2.92. The lowest BCUT2D eigenvalue weighted by Gasteiger charge is -2.00. The molecule has 0 bridgehead atoms. The van der Waals surface area contributed by atoms with E-state index in [1.54, 1.807) is 6.20 Å². The number of imidazole rings is 1. The highest BCUT2D eigenvalue weighted by molar-refractivity contribution is 5.78. The highest BCUT2D eigenvalue weighted by Gasteiger charge is 2.12. The fourth-order valence-electron chi connectivity index (χ4n) is 2.13. The Hall–Kier alpha value is -2.17. The van der Waals surface area contributed by atoms with E-state index in [4.69, 9.17) is 0 Å². The number of H-pyrrole nitrogens is 1. The van der Waals surface area contributed by atoms with Gasteiger partial charge < -0.3 is 4.98 Å². The number of aromatic nitrogens is 5. The molecule has 3 rings (SSSR count). The van der Waals surface area contributed by atoms with E-state index in [-0.39, 0.29) is 0 Å². The Bertz CT molecular complexity index is 707. The lowest BCUT2D eigenvalue weighted by Crippen LogP contribution is -1.99. The zero-order chi connectivity index (χ0) is 12.7. The third kappa shape index (κ3) is 1.59. The summed E-state index contributed by atoms with van der Waals surface area (Å²) in [7, 11) is 0. The molecule has 0 aromatic carbocycles. The second kappa shape index (κ2) is 3.94. The molecule has 0 saturated heterocycles. The number of fused-ring (bicyclic) bond motifs is 1. The average molecular weight is 241 g/mol. The highest BCUT2D eigenvalue weighted by atomic mass is 15.3. The first-order valence-electron chi connectivity index (χ1n) is 6.05. The minimum atomic E-state index is 0.756. The molecular formula is C13H15N5. The van der Waals surface area contributed by atoms with E-state index in [0.717, 1.165) is 40.5 Å². The Balaban J connectivity index is 2.22. The molecule has 5 heteroatoms. The first-order chi connectivity index (χ1) is 8.69. The second-order valence-electron chi connectivity index (χ2n) is 4.40. The SMILES string of the molecule is CCn1nc(C)cc1-c1nc2nccc(C)c2[nH]1. The second-order valence-corrected chi connectivity index (χ2v) is 4.40. The van der Waals surface area contributed by atoms with E-state index < -0.39 is 0 Å². The van der Waals surface area contributed by atoms with Gasteiger partial charge in [0, 0.05) is 12.7 Å². The van der Waals surface area contributed by atoms with Gasteiger partial charge in [-0.05, 0) is 38.5 Å². The molecule has 0 aliphatic heterocycles. The van der Waals surface area contributed by atoms with Gasteiger partial charge in [-0.25, -0.2) is 9.97 Å². The third-order valence-electron chi connectivity index (χ3n) is 3.04. The summed E-state index contributed by atoms with van der Waals surface area (Å²) in [6.45, 7) is 6.94. The molecule has 3 heterocycles. The Labute approximate surface area is 105 Å². The predicted octanol–water partition coefficient (Wildman–Crippen LogP) is 2.46. The number of hydrogen-bond donors (Lipinski definition) is 1. The largest absolute Gasteiger partial charge is 0.335 e. The first-order valence-corrected chi connectivity index (χ1v) is 6.05. The van der Waals surface area contributed by atoms with Crippen LogP contribution >= 0.6 is 0 Å². The topological polar surface area (TPSA) is 59.4 Å². The fourth-order valence-corrected chi connectivity index (χ4v) is 2.13. The van der Waals surface area contributed by atoms with Crippen molar-refractivity contribution in [3.8, 4) is 11.5 Å². The van der Waals surface area contributed by atoms with Crippen LogP contribution in [-0.4, -0.2) is 24.7 Å². The molecule has 92 valence electrons. The number of hydrogen-bond acceptors (Lipinski definition) is 3. The number of rotatable bonds is 2. The van der Waals surface area contributed by atoms with Crippen molar-refractivity contribution in [2.75, 3.05) is 0 Å².